The van der Waals surface area contributed by atoms with Crippen LogP contribution in [0.2, 0.25) is 0 Å². The van der Waals surface area contributed by atoms with Gasteiger partial charge in [0.2, 0.25) is 0 Å². The van der Waals surface area contributed by atoms with Gasteiger partial charge in [-0.05, 0) is 6.42 Å². The van der Waals surface area contributed by atoms with E-state index in [-0.39, 0.29) is 6.61 Å². The van der Waals surface area contributed by atoms with Crippen molar-refractivity contribution in [1.29, 1.82) is 0 Å². The van der Waals surface area contributed by atoms with Crippen molar-refractivity contribution in [2.75, 3.05) is 6.61 Å². The Labute approximate surface area is 82.1 Å². The molecule has 5 nitrogen and oxygen atoms in total. The van der Waals surface area contributed by atoms with Crippen LogP contribution in [-0.2, 0) is 19.1 Å². The molecule has 0 saturated carbocycles. The zero-order valence-corrected chi connectivity index (χ0v) is 8.06. The predicted molar refractivity (Wildman–Crippen MR) is 47.7 cm³/mol. The van der Waals surface area contributed by atoms with Crippen molar-refractivity contribution in [1.82, 2.24) is 0 Å². The second-order valence-electron chi connectivity index (χ2n) is 2.86. The van der Waals surface area contributed by atoms with Gasteiger partial charge < -0.3 is 14.6 Å². The summed E-state index contributed by atoms with van der Waals surface area (Å²) in [7, 11) is 0. The van der Waals surface area contributed by atoms with Gasteiger partial charge in [0.05, 0.1) is 13.0 Å². The van der Waals surface area contributed by atoms with E-state index < -0.39 is 24.3 Å². The molecule has 0 fully saturated rings. The van der Waals surface area contributed by atoms with Crippen LogP contribution in [0.25, 0.3) is 0 Å². The Bertz CT molecular complexity index is 211. The molecule has 0 aliphatic heterocycles. The number of aldehydes is 1. The van der Waals surface area contributed by atoms with Crippen LogP contribution in [0.5, 0.6) is 0 Å². The largest absolute Gasteiger partial charge is 0.481 e. The van der Waals surface area contributed by atoms with Crippen LogP contribution in [0.4, 0.5) is 0 Å². The molecule has 0 spiro atoms. The summed E-state index contributed by atoms with van der Waals surface area (Å²) in [6.45, 7) is 2.17. The molecule has 1 unspecified atom stereocenters. The molecule has 0 aliphatic rings. The fraction of sp³-hybridized carbons (Fsp3) is 0.667. The van der Waals surface area contributed by atoms with Gasteiger partial charge in [-0.1, -0.05) is 13.3 Å². The second-order valence-corrected chi connectivity index (χ2v) is 2.86. The van der Waals surface area contributed by atoms with E-state index in [1.165, 1.54) is 0 Å². The van der Waals surface area contributed by atoms with Crippen molar-refractivity contribution >= 4 is 18.2 Å². The van der Waals surface area contributed by atoms with E-state index in [2.05, 4.69) is 0 Å². The highest BCUT2D eigenvalue weighted by Crippen LogP contribution is 2.03. The average Bonchev–Trinajstić information content (AvgIpc) is 2.14. The van der Waals surface area contributed by atoms with Crippen molar-refractivity contribution in [3.05, 3.63) is 0 Å². The average molecular weight is 202 g/mol. The highest BCUT2D eigenvalue weighted by Gasteiger charge is 2.22. The molecule has 1 atom stereocenters. The molecule has 80 valence electrons. The van der Waals surface area contributed by atoms with Crippen molar-refractivity contribution < 1.29 is 24.2 Å². The van der Waals surface area contributed by atoms with Crippen molar-refractivity contribution in [3.63, 3.8) is 0 Å². The summed E-state index contributed by atoms with van der Waals surface area (Å²) in [6.07, 6.45) is 1.39. The molecule has 0 aromatic heterocycles. The summed E-state index contributed by atoms with van der Waals surface area (Å²) >= 11 is 0. The van der Waals surface area contributed by atoms with E-state index in [0.29, 0.717) is 12.7 Å². The molecule has 5 heteroatoms. The van der Waals surface area contributed by atoms with Gasteiger partial charge in [-0.3, -0.25) is 9.59 Å². The summed E-state index contributed by atoms with van der Waals surface area (Å²) in [5, 5.41) is 8.37. The monoisotopic (exact) mass is 202 g/mol. The first-order chi connectivity index (χ1) is 6.61. The van der Waals surface area contributed by atoms with E-state index >= 15 is 0 Å². The summed E-state index contributed by atoms with van der Waals surface area (Å²) < 4.78 is 4.70. The highest BCUT2D eigenvalue weighted by molar-refractivity contribution is 5.91. The number of aliphatic carboxylic acids is 1. The fourth-order valence-corrected chi connectivity index (χ4v) is 0.799. The predicted octanol–water partition coefficient (Wildman–Crippen LogP) is 0.620. The van der Waals surface area contributed by atoms with Crippen LogP contribution in [0, 0.1) is 5.92 Å². The van der Waals surface area contributed by atoms with Gasteiger partial charge in [0.1, 0.15) is 12.2 Å². The zero-order chi connectivity index (χ0) is 11.0. The van der Waals surface area contributed by atoms with E-state index in [0.717, 1.165) is 6.42 Å². The molecule has 0 bridgehead atoms. The van der Waals surface area contributed by atoms with E-state index in [1.54, 1.807) is 0 Å². The first kappa shape index (κ1) is 12.6. The van der Waals surface area contributed by atoms with Crippen LogP contribution in [0.3, 0.4) is 0 Å². The molecule has 14 heavy (non-hydrogen) atoms. The Balaban J connectivity index is 3.91. The molecule has 0 aromatic carbocycles. The molecular weight excluding hydrogens is 188 g/mol. The number of carbonyl (C=O) groups is 3. The number of hydrogen-bond acceptors (Lipinski definition) is 4. The minimum atomic E-state index is -1.19. The maximum Gasteiger partial charge on any atom is 0.316 e. The first-order valence-corrected chi connectivity index (χ1v) is 4.45. The quantitative estimate of drug-likeness (QED) is 0.283. The Morgan fingerprint density at radius 3 is 2.57 bits per heavy atom. The lowest BCUT2D eigenvalue weighted by Crippen LogP contribution is -2.22. The van der Waals surface area contributed by atoms with Crippen LogP contribution in [-0.4, -0.2) is 29.9 Å². The minimum Gasteiger partial charge on any atom is -0.481 e. The number of ether oxygens (including phenoxy) is 1. The zero-order valence-electron chi connectivity index (χ0n) is 8.06. The van der Waals surface area contributed by atoms with E-state index in [4.69, 9.17) is 9.84 Å². The Morgan fingerprint density at radius 1 is 1.50 bits per heavy atom. The first-order valence-electron chi connectivity index (χ1n) is 4.45. The number of unbranched alkanes of at least 4 members (excludes halogenated alkanes) is 1. The smallest absolute Gasteiger partial charge is 0.316 e. The Hall–Kier alpha value is -1.39. The van der Waals surface area contributed by atoms with Crippen molar-refractivity contribution in [2.45, 2.75) is 26.2 Å². The number of rotatable bonds is 7. The molecule has 0 radical (unpaired) electrons. The van der Waals surface area contributed by atoms with E-state index in [1.807, 2.05) is 6.92 Å². The lowest BCUT2D eigenvalue weighted by atomic mass is 10.1. The second kappa shape index (κ2) is 7.06. The molecule has 0 saturated heterocycles. The van der Waals surface area contributed by atoms with Gasteiger partial charge >= 0.3 is 11.9 Å². The minimum absolute atomic E-state index is 0.235. The topological polar surface area (TPSA) is 80.7 Å². The van der Waals surface area contributed by atoms with Gasteiger partial charge in [0.15, 0.2) is 0 Å². The molecular formula is C9H14O5. The number of esters is 1. The van der Waals surface area contributed by atoms with Gasteiger partial charge in [-0.15, -0.1) is 0 Å². The standard InChI is InChI=1S/C9H14O5/c1-2-3-4-14-9(13)7(6-10)5-8(11)12/h6-7H,2-5H2,1H3,(H,11,12). The van der Waals surface area contributed by atoms with Gasteiger partial charge in [-0.2, -0.15) is 0 Å². The maximum absolute atomic E-state index is 11.1. The van der Waals surface area contributed by atoms with Crippen molar-refractivity contribution in [3.8, 4) is 0 Å². The fourth-order valence-electron chi connectivity index (χ4n) is 0.799. The Kier molecular flexibility index (Phi) is 6.36. The number of carboxylic acids is 1. The third-order valence-electron chi connectivity index (χ3n) is 1.60. The molecule has 0 rings (SSSR count). The number of hydrogen-bond donors (Lipinski definition) is 1. The number of carbonyl (C=O) groups excluding carboxylic acids is 2. The molecule has 0 aliphatic carbocycles. The van der Waals surface area contributed by atoms with Crippen LogP contribution in [0.15, 0.2) is 0 Å². The van der Waals surface area contributed by atoms with Gasteiger partial charge in [0.25, 0.3) is 0 Å². The van der Waals surface area contributed by atoms with Crippen molar-refractivity contribution in [2.24, 2.45) is 5.92 Å². The van der Waals surface area contributed by atoms with Gasteiger partial charge in [0, 0.05) is 0 Å². The lowest BCUT2D eigenvalue weighted by Gasteiger charge is -2.07. The summed E-state index contributed by atoms with van der Waals surface area (Å²) in [6, 6.07) is 0. The molecule has 0 aromatic rings. The van der Waals surface area contributed by atoms with Crippen LogP contribution >= 0.6 is 0 Å². The third-order valence-corrected chi connectivity index (χ3v) is 1.60. The van der Waals surface area contributed by atoms with Crippen LogP contribution in [0.1, 0.15) is 26.2 Å². The summed E-state index contributed by atoms with van der Waals surface area (Å²) in [4.78, 5) is 31.7. The van der Waals surface area contributed by atoms with Gasteiger partial charge in [-0.25, -0.2) is 0 Å². The molecule has 0 heterocycles. The normalized spacial score (nSPS) is 11.8. The number of carboxylic acid groups (broad SMARTS) is 1. The van der Waals surface area contributed by atoms with Crippen LogP contribution < -0.4 is 0 Å². The van der Waals surface area contributed by atoms with E-state index in [9.17, 15) is 14.4 Å². The molecule has 0 amide bonds. The molecule has 1 N–H and O–H groups in total. The highest BCUT2D eigenvalue weighted by atomic mass is 16.5. The summed E-state index contributed by atoms with van der Waals surface area (Å²) in [5.74, 6) is -3.12. The third kappa shape index (κ3) is 5.29. The lowest BCUT2D eigenvalue weighted by molar-refractivity contribution is -0.154. The summed E-state index contributed by atoms with van der Waals surface area (Å²) in [5.41, 5.74) is 0. The Morgan fingerprint density at radius 2 is 2.14 bits per heavy atom. The maximum atomic E-state index is 11.1. The SMILES string of the molecule is CCCCOC(=O)C(C=O)CC(=O)O.